The smallest absolute Gasteiger partial charge is 0.220 e. The quantitative estimate of drug-likeness (QED) is 0.0265. The van der Waals surface area contributed by atoms with E-state index in [1.165, 1.54) is 109 Å². The minimum atomic E-state index is -1.55. The summed E-state index contributed by atoms with van der Waals surface area (Å²) in [5, 5.41) is 54.3. The molecule has 0 aromatic heterocycles. The van der Waals surface area contributed by atoms with Crippen LogP contribution >= 0.6 is 0 Å². The molecule has 9 nitrogen and oxygen atoms in total. The predicted molar refractivity (Wildman–Crippen MR) is 239 cm³/mol. The van der Waals surface area contributed by atoms with E-state index in [1.54, 1.807) is 0 Å². The van der Waals surface area contributed by atoms with Crippen LogP contribution in [0.1, 0.15) is 200 Å². The highest BCUT2D eigenvalue weighted by Gasteiger charge is 2.44. The van der Waals surface area contributed by atoms with Gasteiger partial charge in [0.1, 0.15) is 24.4 Å². The van der Waals surface area contributed by atoms with Gasteiger partial charge < -0.3 is 40.3 Å². The largest absolute Gasteiger partial charge is 0.394 e. The van der Waals surface area contributed by atoms with Gasteiger partial charge in [-0.15, -0.1) is 0 Å². The molecule has 0 aromatic rings. The summed E-state index contributed by atoms with van der Waals surface area (Å²) in [5.41, 5.74) is 0. The average molecular weight is 820 g/mol. The lowest BCUT2D eigenvalue weighted by molar-refractivity contribution is -0.302. The Morgan fingerprint density at radius 2 is 1.07 bits per heavy atom. The number of aliphatic hydroxyl groups excluding tert-OH is 5. The maximum Gasteiger partial charge on any atom is 0.220 e. The minimum absolute atomic E-state index is 0.139. The number of unbranched alkanes of at least 4 members (excludes halogenated alkanes) is 21. The number of hydrogen-bond acceptors (Lipinski definition) is 8. The highest BCUT2D eigenvalue weighted by atomic mass is 16.7. The first-order valence-corrected chi connectivity index (χ1v) is 23.8. The highest BCUT2D eigenvalue weighted by Crippen LogP contribution is 2.23. The van der Waals surface area contributed by atoms with Gasteiger partial charge in [-0.2, -0.15) is 0 Å². The fourth-order valence-electron chi connectivity index (χ4n) is 7.39. The third-order valence-electron chi connectivity index (χ3n) is 11.2. The molecular formula is C49H89NO8. The van der Waals surface area contributed by atoms with E-state index in [2.05, 4.69) is 67.8 Å². The Balaban J connectivity index is 2.21. The number of aliphatic hydroxyl groups is 5. The van der Waals surface area contributed by atoms with Crippen LogP contribution in [0.2, 0.25) is 0 Å². The van der Waals surface area contributed by atoms with Gasteiger partial charge >= 0.3 is 0 Å². The number of amides is 1. The fraction of sp³-hybridized carbons (Fsp3) is 0.816. The molecule has 0 bridgehead atoms. The normalized spacial score (nSPS) is 21.3. The molecule has 1 rings (SSSR count). The van der Waals surface area contributed by atoms with Crippen molar-refractivity contribution in [3.63, 3.8) is 0 Å². The second kappa shape index (κ2) is 39.3. The summed E-state index contributed by atoms with van der Waals surface area (Å²) in [7, 11) is 0. The summed E-state index contributed by atoms with van der Waals surface area (Å²) < 4.78 is 11.2. The summed E-state index contributed by atoms with van der Waals surface area (Å²) >= 11 is 0. The maximum absolute atomic E-state index is 13.0. The Hall–Kier alpha value is -1.85. The first kappa shape index (κ1) is 54.2. The third kappa shape index (κ3) is 29.4. The molecule has 0 spiro atoms. The van der Waals surface area contributed by atoms with Gasteiger partial charge in [0.15, 0.2) is 6.29 Å². The van der Waals surface area contributed by atoms with Gasteiger partial charge in [0.2, 0.25) is 5.91 Å². The summed E-state index contributed by atoms with van der Waals surface area (Å²) in [6.45, 7) is 3.70. The molecule has 6 N–H and O–H groups in total. The monoisotopic (exact) mass is 820 g/mol. The van der Waals surface area contributed by atoms with Crippen molar-refractivity contribution in [3.8, 4) is 0 Å². The second-order valence-electron chi connectivity index (χ2n) is 16.5. The van der Waals surface area contributed by atoms with Crippen LogP contribution in [0.15, 0.2) is 48.6 Å². The number of ether oxygens (including phenoxy) is 2. The van der Waals surface area contributed by atoms with Crippen LogP contribution in [0, 0.1) is 0 Å². The van der Waals surface area contributed by atoms with Crippen molar-refractivity contribution in [1.29, 1.82) is 0 Å². The van der Waals surface area contributed by atoms with Crippen LogP contribution in [-0.2, 0) is 14.3 Å². The third-order valence-corrected chi connectivity index (χ3v) is 11.2. The molecule has 1 saturated heterocycles. The molecule has 7 unspecified atom stereocenters. The molecule has 0 saturated carbocycles. The Bertz CT molecular complexity index is 1050. The molecule has 7 atom stereocenters. The van der Waals surface area contributed by atoms with Crippen molar-refractivity contribution in [2.45, 2.75) is 243 Å². The summed E-state index contributed by atoms with van der Waals surface area (Å²) in [4.78, 5) is 13.0. The molecule has 0 radical (unpaired) electrons. The van der Waals surface area contributed by atoms with E-state index >= 15 is 0 Å². The second-order valence-corrected chi connectivity index (χ2v) is 16.5. The van der Waals surface area contributed by atoms with Crippen molar-refractivity contribution in [2.75, 3.05) is 13.2 Å². The number of carbonyl (C=O) groups is 1. The molecule has 1 amide bonds. The molecule has 1 aliphatic rings. The van der Waals surface area contributed by atoms with Crippen LogP contribution in [0.5, 0.6) is 0 Å². The van der Waals surface area contributed by atoms with E-state index in [9.17, 15) is 30.3 Å². The molecule has 0 aliphatic carbocycles. The maximum atomic E-state index is 13.0. The molecule has 9 heteroatoms. The molecule has 0 aromatic carbocycles. The van der Waals surface area contributed by atoms with E-state index < -0.39 is 49.5 Å². The molecule has 1 aliphatic heterocycles. The van der Waals surface area contributed by atoms with E-state index in [0.29, 0.717) is 12.8 Å². The van der Waals surface area contributed by atoms with Gasteiger partial charge in [0.05, 0.1) is 25.4 Å². The number of allylic oxidation sites excluding steroid dienone is 8. The Labute approximate surface area is 354 Å². The Morgan fingerprint density at radius 1 is 0.603 bits per heavy atom. The van der Waals surface area contributed by atoms with Crippen LogP contribution in [0.25, 0.3) is 0 Å². The van der Waals surface area contributed by atoms with Crippen molar-refractivity contribution in [3.05, 3.63) is 48.6 Å². The predicted octanol–water partition coefficient (Wildman–Crippen LogP) is 10.2. The minimum Gasteiger partial charge on any atom is -0.394 e. The zero-order chi connectivity index (χ0) is 42.3. The number of nitrogens with one attached hydrogen (secondary N) is 1. The van der Waals surface area contributed by atoms with Gasteiger partial charge in [-0.1, -0.05) is 191 Å². The van der Waals surface area contributed by atoms with Crippen LogP contribution < -0.4 is 5.32 Å². The molecule has 58 heavy (non-hydrogen) atoms. The van der Waals surface area contributed by atoms with Crippen molar-refractivity contribution >= 4 is 5.91 Å². The van der Waals surface area contributed by atoms with E-state index in [4.69, 9.17) is 9.47 Å². The van der Waals surface area contributed by atoms with Gasteiger partial charge in [-0.3, -0.25) is 4.79 Å². The van der Waals surface area contributed by atoms with Crippen molar-refractivity contribution in [2.24, 2.45) is 0 Å². The van der Waals surface area contributed by atoms with Crippen molar-refractivity contribution < 1.29 is 39.8 Å². The zero-order valence-corrected chi connectivity index (χ0v) is 37.0. The lowest BCUT2D eigenvalue weighted by Crippen LogP contribution is -2.60. The lowest BCUT2D eigenvalue weighted by Gasteiger charge is -2.40. The molecule has 1 heterocycles. The van der Waals surface area contributed by atoms with Gasteiger partial charge in [0, 0.05) is 6.42 Å². The zero-order valence-electron chi connectivity index (χ0n) is 37.0. The topological polar surface area (TPSA) is 149 Å². The molecule has 338 valence electrons. The Morgan fingerprint density at radius 3 is 1.59 bits per heavy atom. The average Bonchev–Trinajstić information content (AvgIpc) is 3.22. The fourth-order valence-corrected chi connectivity index (χ4v) is 7.39. The summed E-state index contributed by atoms with van der Waals surface area (Å²) in [5.74, 6) is -0.150. The first-order valence-electron chi connectivity index (χ1n) is 23.8. The molecule has 1 fully saturated rings. The van der Waals surface area contributed by atoms with E-state index in [-0.39, 0.29) is 12.5 Å². The van der Waals surface area contributed by atoms with E-state index in [0.717, 1.165) is 64.2 Å². The lowest BCUT2D eigenvalue weighted by atomic mass is 9.99. The van der Waals surface area contributed by atoms with Crippen LogP contribution in [0.4, 0.5) is 0 Å². The number of carbonyl (C=O) groups excluding carboxylic acids is 1. The molecular weight excluding hydrogens is 731 g/mol. The van der Waals surface area contributed by atoms with E-state index in [1.807, 2.05) is 0 Å². The van der Waals surface area contributed by atoms with Gasteiger partial charge in [0.25, 0.3) is 0 Å². The summed E-state index contributed by atoms with van der Waals surface area (Å²) in [6.07, 6.45) is 42.7. The van der Waals surface area contributed by atoms with Gasteiger partial charge in [-0.05, 0) is 51.4 Å². The SMILES string of the molecule is CC/C=C\C/C=C\C/C=C\C/C=C\CCCCCCCCCCCCCCC(=O)NC(COC1OC(CO)C(O)C(O)C1O)C(O)CCCCCCCCCCCC. The first-order chi connectivity index (χ1) is 28.3. The number of rotatable bonds is 39. The Kier molecular flexibility index (Phi) is 36.7. The van der Waals surface area contributed by atoms with Crippen LogP contribution in [0.3, 0.4) is 0 Å². The standard InChI is InChI=1S/C49H89NO8/c1-3-5-7-9-11-13-15-16-17-18-19-20-21-22-23-24-25-26-27-28-29-31-33-35-37-39-45(53)50-42(41-57-49-48(56)47(55)46(54)44(40-51)58-49)43(52)38-36-34-32-30-14-12-10-8-6-4-2/h5,7,11,13,16-17,19-20,42-44,46-49,51-52,54-56H,3-4,6,8-10,12,14-15,18,21-41H2,1-2H3,(H,50,53)/b7-5-,13-11-,17-16-,20-19-. The van der Waals surface area contributed by atoms with Gasteiger partial charge in [-0.25, -0.2) is 0 Å². The summed E-state index contributed by atoms with van der Waals surface area (Å²) in [6, 6.07) is -0.719. The highest BCUT2D eigenvalue weighted by molar-refractivity contribution is 5.76. The van der Waals surface area contributed by atoms with Crippen molar-refractivity contribution in [1.82, 2.24) is 5.32 Å². The number of hydrogen-bond donors (Lipinski definition) is 6. The van der Waals surface area contributed by atoms with Crippen LogP contribution in [-0.4, -0.2) is 87.5 Å².